The van der Waals surface area contributed by atoms with Crippen LogP contribution in [0.25, 0.3) is 0 Å². The molecular weight excluding hydrogens is 424 g/mol. The van der Waals surface area contributed by atoms with Gasteiger partial charge in [-0.3, -0.25) is 4.79 Å². The summed E-state index contributed by atoms with van der Waals surface area (Å²) in [7, 11) is -4.29. The van der Waals surface area contributed by atoms with E-state index >= 15 is 0 Å². The van der Waals surface area contributed by atoms with Crippen LogP contribution < -0.4 is 9.46 Å². The van der Waals surface area contributed by atoms with Crippen molar-refractivity contribution in [1.82, 2.24) is 4.72 Å². The van der Waals surface area contributed by atoms with Crippen molar-refractivity contribution in [3.05, 3.63) is 88.4 Å². The van der Waals surface area contributed by atoms with Crippen molar-refractivity contribution in [1.29, 1.82) is 0 Å². The summed E-state index contributed by atoms with van der Waals surface area (Å²) in [6.45, 7) is 1.49. The van der Waals surface area contributed by atoms with Crippen LogP contribution in [0, 0.1) is 18.6 Å². The molecule has 0 aliphatic heterocycles. The monoisotopic (exact) mass is 437 g/mol. The lowest BCUT2D eigenvalue weighted by Gasteiger charge is -2.14. The van der Waals surface area contributed by atoms with Crippen molar-refractivity contribution in [2.75, 3.05) is 0 Å². The summed E-state index contributed by atoms with van der Waals surface area (Å²) in [6, 6.07) is 12.5. The average Bonchev–Trinajstić information content (AvgIpc) is 2.65. The molecular formula is C20H14ClF2NO4S. The third kappa shape index (κ3) is 4.55. The molecule has 0 unspecified atom stereocenters. The topological polar surface area (TPSA) is 72.5 Å². The first-order chi connectivity index (χ1) is 13.7. The number of hydrogen-bond donors (Lipinski definition) is 1. The Morgan fingerprint density at radius 1 is 1.03 bits per heavy atom. The molecule has 150 valence electrons. The van der Waals surface area contributed by atoms with Crippen LogP contribution >= 0.6 is 11.6 Å². The molecule has 0 aliphatic carbocycles. The SMILES string of the molecule is Cc1c(Cl)cccc1S(=O)(=O)NC(=O)c1cccc(F)c1Oc1cccc(F)c1. The minimum atomic E-state index is -4.29. The number of ether oxygens (including phenoxy) is 1. The van der Waals surface area contributed by atoms with Crippen LogP contribution in [-0.4, -0.2) is 14.3 Å². The average molecular weight is 438 g/mol. The Kier molecular flexibility index (Phi) is 5.86. The summed E-state index contributed by atoms with van der Waals surface area (Å²) in [5, 5.41) is 0.209. The van der Waals surface area contributed by atoms with Gasteiger partial charge in [0.1, 0.15) is 11.6 Å². The fraction of sp³-hybridized carbons (Fsp3) is 0.0500. The van der Waals surface area contributed by atoms with Crippen molar-refractivity contribution in [3.63, 3.8) is 0 Å². The molecule has 0 aromatic heterocycles. The van der Waals surface area contributed by atoms with E-state index in [1.165, 1.54) is 55.5 Å². The number of hydrogen-bond acceptors (Lipinski definition) is 4. The van der Waals surface area contributed by atoms with Gasteiger partial charge < -0.3 is 4.74 Å². The number of amides is 1. The summed E-state index contributed by atoms with van der Waals surface area (Å²) in [6.07, 6.45) is 0. The molecule has 3 aromatic rings. The second-order valence-electron chi connectivity index (χ2n) is 5.97. The predicted octanol–water partition coefficient (Wildman–Crippen LogP) is 4.84. The Labute approximate surface area is 170 Å². The lowest BCUT2D eigenvalue weighted by Crippen LogP contribution is -2.31. The maximum Gasteiger partial charge on any atom is 0.268 e. The second-order valence-corrected chi connectivity index (χ2v) is 8.03. The molecule has 3 rings (SSSR count). The molecule has 9 heteroatoms. The first kappa shape index (κ1) is 20.8. The summed E-state index contributed by atoms with van der Waals surface area (Å²) < 4.78 is 60.1. The van der Waals surface area contributed by atoms with Gasteiger partial charge in [0.2, 0.25) is 0 Å². The second kappa shape index (κ2) is 8.18. The number of benzene rings is 3. The zero-order chi connectivity index (χ0) is 21.2. The van der Waals surface area contributed by atoms with Gasteiger partial charge in [-0.2, -0.15) is 0 Å². The first-order valence-electron chi connectivity index (χ1n) is 8.23. The number of nitrogens with one attached hydrogen (secondary N) is 1. The minimum absolute atomic E-state index is 0.0577. The highest BCUT2D eigenvalue weighted by Crippen LogP contribution is 2.29. The molecule has 0 saturated heterocycles. The molecule has 0 aliphatic rings. The van der Waals surface area contributed by atoms with E-state index in [0.29, 0.717) is 0 Å². The van der Waals surface area contributed by atoms with Gasteiger partial charge in [-0.1, -0.05) is 29.8 Å². The first-order valence-corrected chi connectivity index (χ1v) is 10.1. The Morgan fingerprint density at radius 3 is 2.45 bits per heavy atom. The summed E-state index contributed by atoms with van der Waals surface area (Å²) in [5.41, 5.74) is -0.123. The molecule has 0 fully saturated rings. The number of carbonyl (C=O) groups is 1. The summed E-state index contributed by atoms with van der Waals surface area (Å²) in [5.74, 6) is -3.25. The molecule has 0 spiro atoms. The molecule has 0 radical (unpaired) electrons. The molecule has 29 heavy (non-hydrogen) atoms. The highest BCUT2D eigenvalue weighted by atomic mass is 35.5. The molecule has 5 nitrogen and oxygen atoms in total. The Hall–Kier alpha value is -2.97. The van der Waals surface area contributed by atoms with Crippen LogP contribution in [0.15, 0.2) is 65.6 Å². The van der Waals surface area contributed by atoms with E-state index in [4.69, 9.17) is 16.3 Å². The van der Waals surface area contributed by atoms with Crippen molar-refractivity contribution in [2.24, 2.45) is 0 Å². The van der Waals surface area contributed by atoms with Crippen LogP contribution in [0.4, 0.5) is 8.78 Å². The number of carbonyl (C=O) groups excluding carboxylic acids is 1. The normalized spacial score (nSPS) is 11.2. The zero-order valence-corrected chi connectivity index (χ0v) is 16.5. The standard InChI is InChI=1S/C20H14ClF2NO4S/c1-12-16(21)8-4-10-18(12)29(26,27)24-20(25)15-7-3-9-17(23)19(15)28-14-6-2-5-13(22)11-14/h2-11H,1H3,(H,24,25). The van der Waals surface area contributed by atoms with Crippen molar-refractivity contribution in [3.8, 4) is 11.5 Å². The van der Waals surface area contributed by atoms with Gasteiger partial charge in [0.05, 0.1) is 10.5 Å². The number of sulfonamides is 1. The zero-order valence-electron chi connectivity index (χ0n) is 14.9. The van der Waals surface area contributed by atoms with Gasteiger partial charge in [0.25, 0.3) is 15.9 Å². The summed E-state index contributed by atoms with van der Waals surface area (Å²) in [4.78, 5) is 12.4. The number of para-hydroxylation sites is 1. The van der Waals surface area contributed by atoms with Crippen LogP contribution in [-0.2, 0) is 10.0 Å². The van der Waals surface area contributed by atoms with Crippen LogP contribution in [0.2, 0.25) is 5.02 Å². The Balaban J connectivity index is 1.95. The molecule has 0 bridgehead atoms. The highest BCUT2D eigenvalue weighted by molar-refractivity contribution is 7.90. The van der Waals surface area contributed by atoms with E-state index in [0.717, 1.165) is 12.1 Å². The maximum absolute atomic E-state index is 14.3. The van der Waals surface area contributed by atoms with Gasteiger partial charge in [-0.05, 0) is 48.9 Å². The quantitative estimate of drug-likeness (QED) is 0.620. The smallest absolute Gasteiger partial charge is 0.268 e. The van der Waals surface area contributed by atoms with Crippen molar-refractivity contribution in [2.45, 2.75) is 11.8 Å². The van der Waals surface area contributed by atoms with E-state index in [-0.39, 0.29) is 26.8 Å². The molecule has 0 saturated carbocycles. The van der Waals surface area contributed by atoms with E-state index in [2.05, 4.69) is 0 Å². The fourth-order valence-electron chi connectivity index (χ4n) is 2.55. The number of halogens is 3. The lowest BCUT2D eigenvalue weighted by molar-refractivity contribution is 0.0978. The largest absolute Gasteiger partial charge is 0.453 e. The third-order valence-electron chi connectivity index (χ3n) is 3.96. The molecule has 0 heterocycles. The molecule has 3 aromatic carbocycles. The van der Waals surface area contributed by atoms with Crippen molar-refractivity contribution < 1.29 is 26.7 Å². The molecule has 1 amide bonds. The third-order valence-corrected chi connectivity index (χ3v) is 5.85. The predicted molar refractivity (Wildman–Crippen MR) is 104 cm³/mol. The van der Waals surface area contributed by atoms with Crippen LogP contribution in [0.3, 0.4) is 0 Å². The van der Waals surface area contributed by atoms with Gasteiger partial charge >= 0.3 is 0 Å². The molecule has 0 atom stereocenters. The van der Waals surface area contributed by atoms with Gasteiger partial charge in [-0.25, -0.2) is 21.9 Å². The van der Waals surface area contributed by atoms with Gasteiger partial charge in [0, 0.05) is 11.1 Å². The van der Waals surface area contributed by atoms with Crippen molar-refractivity contribution >= 4 is 27.5 Å². The lowest BCUT2D eigenvalue weighted by atomic mass is 10.2. The summed E-state index contributed by atoms with van der Waals surface area (Å²) >= 11 is 5.95. The van der Waals surface area contributed by atoms with Crippen LogP contribution in [0.5, 0.6) is 11.5 Å². The van der Waals surface area contributed by atoms with E-state index in [1.807, 2.05) is 4.72 Å². The van der Waals surface area contributed by atoms with E-state index < -0.39 is 33.3 Å². The Bertz CT molecular complexity index is 1200. The van der Waals surface area contributed by atoms with E-state index in [1.54, 1.807) is 0 Å². The molecule has 1 N–H and O–H groups in total. The Morgan fingerprint density at radius 2 is 1.72 bits per heavy atom. The maximum atomic E-state index is 14.3. The van der Waals surface area contributed by atoms with E-state index in [9.17, 15) is 22.0 Å². The highest BCUT2D eigenvalue weighted by Gasteiger charge is 2.25. The van der Waals surface area contributed by atoms with Gasteiger partial charge in [0.15, 0.2) is 11.6 Å². The minimum Gasteiger partial charge on any atom is -0.453 e. The van der Waals surface area contributed by atoms with Crippen LogP contribution in [0.1, 0.15) is 15.9 Å². The number of rotatable bonds is 5. The van der Waals surface area contributed by atoms with Gasteiger partial charge in [-0.15, -0.1) is 0 Å². The fourth-order valence-corrected chi connectivity index (χ4v) is 4.02.